The minimum Gasteiger partial charge on any atom is -0.454 e. The van der Waals surface area contributed by atoms with E-state index in [2.05, 4.69) is 4.90 Å². The lowest BCUT2D eigenvalue weighted by molar-refractivity contribution is 0.0948. The van der Waals surface area contributed by atoms with E-state index in [0.29, 0.717) is 18.3 Å². The summed E-state index contributed by atoms with van der Waals surface area (Å²) in [7, 11) is 2.02. The van der Waals surface area contributed by atoms with Crippen molar-refractivity contribution in [1.82, 2.24) is 4.90 Å². The molecule has 2 unspecified atom stereocenters. The molecule has 0 aliphatic carbocycles. The second kappa shape index (κ2) is 5.36. The van der Waals surface area contributed by atoms with E-state index in [1.165, 1.54) is 0 Å². The number of aliphatic hydroxyl groups excluding tert-OH is 1. The van der Waals surface area contributed by atoms with Gasteiger partial charge in [-0.2, -0.15) is 0 Å². The first-order valence-electron chi connectivity index (χ1n) is 6.59. The Kier molecular flexibility index (Phi) is 3.59. The highest BCUT2D eigenvalue weighted by molar-refractivity contribution is 5.45. The van der Waals surface area contributed by atoms with Crippen LogP contribution >= 0.6 is 0 Å². The molecule has 19 heavy (non-hydrogen) atoms. The normalized spacial score (nSPS) is 23.0. The quantitative estimate of drug-likeness (QED) is 0.885. The summed E-state index contributed by atoms with van der Waals surface area (Å²) in [6.45, 7) is 2.42. The fourth-order valence-corrected chi connectivity index (χ4v) is 2.52. The number of hydrogen-bond acceptors (Lipinski definition) is 5. The third-order valence-electron chi connectivity index (χ3n) is 3.77. The molecule has 0 saturated carbocycles. The van der Waals surface area contributed by atoms with Crippen LogP contribution in [0.3, 0.4) is 0 Å². The van der Waals surface area contributed by atoms with Crippen LogP contribution in [0.2, 0.25) is 0 Å². The molecule has 0 radical (unpaired) electrons. The fraction of sp³-hybridized carbons (Fsp3) is 0.571. The van der Waals surface area contributed by atoms with Crippen LogP contribution in [0.4, 0.5) is 0 Å². The van der Waals surface area contributed by atoms with E-state index in [4.69, 9.17) is 14.2 Å². The number of nitrogens with zero attached hydrogens (tertiary/aromatic N) is 1. The maximum atomic E-state index is 10.3. The molecule has 2 heterocycles. The molecule has 0 aromatic heterocycles. The predicted molar refractivity (Wildman–Crippen MR) is 69.4 cm³/mol. The van der Waals surface area contributed by atoms with E-state index in [1.54, 1.807) is 0 Å². The molecule has 1 saturated heterocycles. The highest BCUT2D eigenvalue weighted by Gasteiger charge is 2.23. The topological polar surface area (TPSA) is 51.2 Å². The first-order chi connectivity index (χ1) is 9.24. The van der Waals surface area contributed by atoms with Gasteiger partial charge in [0.15, 0.2) is 11.5 Å². The second-order valence-corrected chi connectivity index (χ2v) is 5.09. The molecule has 104 valence electrons. The van der Waals surface area contributed by atoms with Gasteiger partial charge < -0.3 is 19.3 Å². The van der Waals surface area contributed by atoms with Crippen molar-refractivity contribution >= 4 is 0 Å². The fourth-order valence-electron chi connectivity index (χ4n) is 2.52. The van der Waals surface area contributed by atoms with Crippen LogP contribution in [0.1, 0.15) is 18.1 Å². The number of hydrogen-bond donors (Lipinski definition) is 1. The molecule has 2 aliphatic heterocycles. The van der Waals surface area contributed by atoms with E-state index < -0.39 is 6.10 Å². The Morgan fingerprint density at radius 3 is 3.00 bits per heavy atom. The molecule has 2 aliphatic rings. The van der Waals surface area contributed by atoms with Crippen molar-refractivity contribution in [2.45, 2.75) is 18.6 Å². The summed E-state index contributed by atoms with van der Waals surface area (Å²) >= 11 is 0. The summed E-state index contributed by atoms with van der Waals surface area (Å²) in [4.78, 5) is 2.16. The predicted octanol–water partition coefficient (Wildman–Crippen LogP) is 1.17. The third-order valence-corrected chi connectivity index (χ3v) is 3.77. The summed E-state index contributed by atoms with van der Waals surface area (Å²) < 4.78 is 16.0. The molecule has 1 N–H and O–H groups in total. The van der Waals surface area contributed by atoms with Crippen molar-refractivity contribution in [2.24, 2.45) is 0 Å². The summed E-state index contributed by atoms with van der Waals surface area (Å²) in [6.07, 6.45) is 0.504. The van der Waals surface area contributed by atoms with Crippen LogP contribution in [-0.2, 0) is 4.74 Å². The molecule has 2 atom stereocenters. The lowest BCUT2D eigenvalue weighted by Crippen LogP contribution is -2.35. The van der Waals surface area contributed by atoms with Gasteiger partial charge in [-0.1, -0.05) is 6.07 Å². The highest BCUT2D eigenvalue weighted by Crippen LogP contribution is 2.34. The maximum Gasteiger partial charge on any atom is 0.231 e. The lowest BCUT2D eigenvalue weighted by Gasteiger charge is -2.25. The van der Waals surface area contributed by atoms with Crippen molar-refractivity contribution in [2.75, 3.05) is 33.6 Å². The van der Waals surface area contributed by atoms with Gasteiger partial charge in [0.2, 0.25) is 6.79 Å². The second-order valence-electron chi connectivity index (χ2n) is 5.09. The van der Waals surface area contributed by atoms with E-state index in [0.717, 1.165) is 30.9 Å². The number of benzene rings is 1. The Morgan fingerprint density at radius 2 is 2.21 bits per heavy atom. The smallest absolute Gasteiger partial charge is 0.231 e. The molecule has 3 rings (SSSR count). The van der Waals surface area contributed by atoms with E-state index in [9.17, 15) is 5.11 Å². The first-order valence-corrected chi connectivity index (χ1v) is 6.59. The van der Waals surface area contributed by atoms with Crippen LogP contribution in [0, 0.1) is 0 Å². The van der Waals surface area contributed by atoms with Crippen LogP contribution in [0.15, 0.2) is 18.2 Å². The Balaban J connectivity index is 1.64. The van der Waals surface area contributed by atoms with E-state index in [-0.39, 0.29) is 6.79 Å². The summed E-state index contributed by atoms with van der Waals surface area (Å²) in [6, 6.07) is 5.99. The van der Waals surface area contributed by atoms with Crippen molar-refractivity contribution in [3.8, 4) is 11.5 Å². The summed E-state index contributed by atoms with van der Waals surface area (Å²) in [5.41, 5.74) is 0.856. The van der Waals surface area contributed by atoms with Gasteiger partial charge in [0.25, 0.3) is 0 Å². The highest BCUT2D eigenvalue weighted by atomic mass is 16.7. The molecule has 1 aromatic carbocycles. The number of ether oxygens (including phenoxy) is 3. The van der Waals surface area contributed by atoms with Crippen molar-refractivity contribution in [3.63, 3.8) is 0 Å². The molecular weight excluding hydrogens is 246 g/mol. The van der Waals surface area contributed by atoms with Gasteiger partial charge in [-0.05, 0) is 31.2 Å². The van der Waals surface area contributed by atoms with E-state index >= 15 is 0 Å². The number of likely N-dealkylation sites (N-methyl/N-ethyl adjacent to an activating group) is 1. The molecule has 1 aromatic rings. The Labute approximate surface area is 112 Å². The first kappa shape index (κ1) is 12.7. The third kappa shape index (κ3) is 2.68. The van der Waals surface area contributed by atoms with Crippen LogP contribution in [0.5, 0.6) is 11.5 Å². The van der Waals surface area contributed by atoms with Crippen molar-refractivity contribution < 1.29 is 19.3 Å². The molecule has 0 spiro atoms. The Bertz CT molecular complexity index is 445. The van der Waals surface area contributed by atoms with Gasteiger partial charge in [0.1, 0.15) is 0 Å². The van der Waals surface area contributed by atoms with Gasteiger partial charge in [-0.25, -0.2) is 0 Å². The number of fused-ring (bicyclic) bond motifs is 1. The molecular formula is C14H19NO4. The zero-order valence-corrected chi connectivity index (χ0v) is 11.0. The average Bonchev–Trinajstić information content (AvgIpc) is 3.09. The van der Waals surface area contributed by atoms with Crippen LogP contribution in [-0.4, -0.2) is 49.6 Å². The Hall–Kier alpha value is -1.30. The van der Waals surface area contributed by atoms with Gasteiger partial charge in [-0.15, -0.1) is 0 Å². The standard InChI is InChI=1S/C14H19NO4/c1-15(11-4-5-17-8-11)7-12(16)10-2-3-13-14(6-10)19-9-18-13/h2-3,6,11-12,16H,4-5,7-9H2,1H3. The maximum absolute atomic E-state index is 10.3. The number of rotatable bonds is 4. The minimum absolute atomic E-state index is 0.258. The molecule has 5 nitrogen and oxygen atoms in total. The molecule has 0 amide bonds. The molecule has 0 bridgehead atoms. The largest absolute Gasteiger partial charge is 0.454 e. The van der Waals surface area contributed by atoms with Gasteiger partial charge in [0.05, 0.1) is 12.7 Å². The molecule has 5 heteroatoms. The van der Waals surface area contributed by atoms with Crippen molar-refractivity contribution in [1.29, 1.82) is 0 Å². The SMILES string of the molecule is CN(CC(O)c1ccc2c(c1)OCO2)C1CCOC1. The van der Waals surface area contributed by atoms with E-state index in [1.807, 2.05) is 25.2 Å². The van der Waals surface area contributed by atoms with Crippen LogP contribution in [0.25, 0.3) is 0 Å². The van der Waals surface area contributed by atoms with Gasteiger partial charge in [0, 0.05) is 19.2 Å². The van der Waals surface area contributed by atoms with Gasteiger partial charge in [-0.3, -0.25) is 4.90 Å². The summed E-state index contributed by atoms with van der Waals surface area (Å²) in [5.74, 6) is 1.46. The zero-order valence-electron chi connectivity index (χ0n) is 11.0. The summed E-state index contributed by atoms with van der Waals surface area (Å²) in [5, 5.41) is 10.3. The molecule has 1 fully saturated rings. The van der Waals surface area contributed by atoms with Gasteiger partial charge >= 0.3 is 0 Å². The number of aliphatic hydroxyl groups is 1. The van der Waals surface area contributed by atoms with Crippen molar-refractivity contribution in [3.05, 3.63) is 23.8 Å². The minimum atomic E-state index is -0.528. The Morgan fingerprint density at radius 1 is 1.37 bits per heavy atom. The zero-order chi connectivity index (χ0) is 13.2. The average molecular weight is 265 g/mol. The lowest BCUT2D eigenvalue weighted by atomic mass is 10.1. The van der Waals surface area contributed by atoms with Crippen LogP contribution < -0.4 is 9.47 Å². The monoisotopic (exact) mass is 265 g/mol.